The Bertz CT molecular complexity index is 2320. The van der Waals surface area contributed by atoms with Gasteiger partial charge in [0.25, 0.3) is 11.5 Å². The van der Waals surface area contributed by atoms with Crippen LogP contribution in [0.5, 0.6) is 28.7 Å². The third-order valence-corrected chi connectivity index (χ3v) is 9.49. The largest absolute Gasteiger partial charge is 0.497 e. The van der Waals surface area contributed by atoms with Crippen molar-refractivity contribution in [1.82, 2.24) is 19.4 Å². The van der Waals surface area contributed by atoms with E-state index in [1.807, 2.05) is 0 Å². The van der Waals surface area contributed by atoms with Gasteiger partial charge in [0.15, 0.2) is 23.1 Å². The van der Waals surface area contributed by atoms with Crippen molar-refractivity contribution in [3.05, 3.63) is 113 Å². The van der Waals surface area contributed by atoms with Crippen molar-refractivity contribution >= 4 is 33.5 Å². The van der Waals surface area contributed by atoms with Crippen molar-refractivity contribution in [3.63, 3.8) is 0 Å². The number of likely N-dealkylation sites (tertiary alicyclic amines) is 1. The molecule has 3 aromatic heterocycles. The Labute approximate surface area is 305 Å². The van der Waals surface area contributed by atoms with Crippen LogP contribution in [0.25, 0.3) is 27.6 Å². The van der Waals surface area contributed by atoms with Crippen molar-refractivity contribution in [2.75, 3.05) is 45.8 Å². The molecule has 1 aliphatic heterocycles. The van der Waals surface area contributed by atoms with Crippen LogP contribution < -0.4 is 29.8 Å². The third-order valence-electron chi connectivity index (χ3n) is 9.49. The molecule has 1 aliphatic rings. The van der Waals surface area contributed by atoms with Gasteiger partial charge in [-0.2, -0.15) is 0 Å². The second kappa shape index (κ2) is 15.7. The highest BCUT2D eigenvalue weighted by Gasteiger charge is 2.20. The first-order valence-corrected chi connectivity index (χ1v) is 17.6. The minimum Gasteiger partial charge on any atom is -0.497 e. The van der Waals surface area contributed by atoms with Gasteiger partial charge in [0.2, 0.25) is 0 Å². The fraction of sp³-hybridized carbons (Fsp3) is 0.268. The van der Waals surface area contributed by atoms with Crippen LogP contribution in [0.2, 0.25) is 0 Å². The molecule has 0 aliphatic carbocycles. The van der Waals surface area contributed by atoms with E-state index in [1.165, 1.54) is 35.6 Å². The van der Waals surface area contributed by atoms with E-state index in [9.17, 15) is 9.59 Å². The summed E-state index contributed by atoms with van der Waals surface area (Å²) in [7, 11) is 3.11. The number of pyridine rings is 3. The molecule has 1 N–H and O–H groups in total. The van der Waals surface area contributed by atoms with Crippen LogP contribution in [0.15, 0.2) is 96.1 Å². The van der Waals surface area contributed by atoms with Crippen molar-refractivity contribution in [1.29, 1.82) is 0 Å². The molecule has 4 heterocycles. The second-order valence-corrected chi connectivity index (χ2v) is 13.1. The standard InChI is InChI=1S/C41H40FN5O6/c1-26-14-19-46(20-15-26)18-5-21-52-38-25-34-31(24-37(38)51-3)35(13-17-43-34)53-36-12-7-28(23-33(36)42)45-40(48)32-22-27-6-4-16-44-39(27)47(41(32)49)29-8-10-30(50-2)11-9-29/h4,6-13,16-17,22-26H,5,14-15,18-21H2,1-3H3,(H,45,48). The molecule has 7 rings (SSSR count). The molecule has 272 valence electrons. The van der Waals surface area contributed by atoms with Crippen molar-refractivity contribution in [2.24, 2.45) is 5.92 Å². The van der Waals surface area contributed by atoms with Gasteiger partial charge in [0.1, 0.15) is 22.7 Å². The Morgan fingerprint density at radius 2 is 1.70 bits per heavy atom. The van der Waals surface area contributed by atoms with Crippen LogP contribution >= 0.6 is 0 Å². The zero-order chi connectivity index (χ0) is 36.9. The lowest BCUT2D eigenvalue weighted by molar-refractivity contribution is 0.102. The summed E-state index contributed by atoms with van der Waals surface area (Å²) in [6.45, 7) is 6.09. The van der Waals surface area contributed by atoms with E-state index in [1.54, 1.807) is 81.2 Å². The van der Waals surface area contributed by atoms with E-state index in [0.717, 1.165) is 38.0 Å². The maximum absolute atomic E-state index is 15.5. The number of ether oxygens (including phenoxy) is 4. The lowest BCUT2D eigenvalue weighted by atomic mass is 9.99. The number of nitrogens with one attached hydrogen (secondary N) is 1. The van der Waals surface area contributed by atoms with Gasteiger partial charge < -0.3 is 29.2 Å². The first-order chi connectivity index (χ1) is 25.8. The molecular formula is C41H40FN5O6. The van der Waals surface area contributed by atoms with Crippen molar-refractivity contribution < 1.29 is 28.1 Å². The molecule has 1 amide bonds. The average Bonchev–Trinajstić information content (AvgIpc) is 3.18. The number of fused-ring (bicyclic) bond motifs is 2. The molecular weight excluding hydrogens is 677 g/mol. The van der Waals surface area contributed by atoms with E-state index in [4.69, 9.17) is 18.9 Å². The monoisotopic (exact) mass is 717 g/mol. The van der Waals surface area contributed by atoms with Gasteiger partial charge in [-0.05, 0) is 105 Å². The van der Waals surface area contributed by atoms with Crippen molar-refractivity contribution in [3.8, 4) is 34.4 Å². The van der Waals surface area contributed by atoms with Gasteiger partial charge in [0, 0.05) is 47.5 Å². The smallest absolute Gasteiger partial charge is 0.269 e. The molecule has 0 radical (unpaired) electrons. The lowest BCUT2D eigenvalue weighted by Gasteiger charge is -2.30. The van der Waals surface area contributed by atoms with Crippen LogP contribution in [0.1, 0.15) is 36.5 Å². The number of hydrogen-bond donors (Lipinski definition) is 1. The van der Waals surface area contributed by atoms with Gasteiger partial charge in [0.05, 0.1) is 32.0 Å². The molecule has 53 heavy (non-hydrogen) atoms. The van der Waals surface area contributed by atoms with Crippen molar-refractivity contribution in [2.45, 2.75) is 26.2 Å². The Morgan fingerprint density at radius 3 is 2.45 bits per heavy atom. The van der Waals surface area contributed by atoms with Crippen LogP contribution in [0.4, 0.5) is 10.1 Å². The number of piperidine rings is 1. The fourth-order valence-electron chi connectivity index (χ4n) is 6.50. The van der Waals surface area contributed by atoms with Gasteiger partial charge in [-0.15, -0.1) is 0 Å². The Morgan fingerprint density at radius 1 is 0.887 bits per heavy atom. The lowest BCUT2D eigenvalue weighted by Crippen LogP contribution is -2.34. The zero-order valence-corrected chi connectivity index (χ0v) is 29.8. The molecule has 0 bridgehead atoms. The second-order valence-electron chi connectivity index (χ2n) is 13.1. The van der Waals surface area contributed by atoms with Crippen LogP contribution in [0, 0.1) is 11.7 Å². The van der Waals surface area contributed by atoms with Gasteiger partial charge in [-0.25, -0.2) is 9.37 Å². The summed E-state index contributed by atoms with van der Waals surface area (Å²) in [6.07, 6.45) is 6.52. The predicted octanol–water partition coefficient (Wildman–Crippen LogP) is 7.64. The summed E-state index contributed by atoms with van der Waals surface area (Å²) in [5, 5.41) is 3.83. The third kappa shape index (κ3) is 7.77. The predicted molar refractivity (Wildman–Crippen MR) is 202 cm³/mol. The number of nitrogens with zero attached hydrogens (tertiary/aromatic N) is 4. The molecule has 12 heteroatoms. The quantitative estimate of drug-likeness (QED) is 0.128. The molecule has 0 unspecified atom stereocenters. The number of benzene rings is 3. The topological polar surface area (TPSA) is 117 Å². The Kier molecular flexibility index (Phi) is 10.5. The Hall–Kier alpha value is -6.01. The summed E-state index contributed by atoms with van der Waals surface area (Å²) >= 11 is 0. The highest BCUT2D eigenvalue weighted by atomic mass is 19.1. The number of anilines is 1. The van der Waals surface area contributed by atoms with E-state index < -0.39 is 17.3 Å². The highest BCUT2D eigenvalue weighted by molar-refractivity contribution is 6.05. The molecule has 1 saturated heterocycles. The molecule has 0 saturated carbocycles. The van der Waals surface area contributed by atoms with E-state index in [-0.39, 0.29) is 17.0 Å². The van der Waals surface area contributed by atoms with Gasteiger partial charge in [-0.3, -0.25) is 19.1 Å². The summed E-state index contributed by atoms with van der Waals surface area (Å²) in [5.41, 5.74) is 0.900. The van der Waals surface area contributed by atoms with Crippen LogP contribution in [-0.4, -0.2) is 65.8 Å². The summed E-state index contributed by atoms with van der Waals surface area (Å²) < 4.78 is 39.9. The number of carbonyl (C=O) groups is 1. The zero-order valence-electron chi connectivity index (χ0n) is 29.8. The summed E-state index contributed by atoms with van der Waals surface area (Å²) in [4.78, 5) is 38.6. The Balaban J connectivity index is 1.07. The summed E-state index contributed by atoms with van der Waals surface area (Å²) in [6, 6.07) is 21.0. The highest BCUT2D eigenvalue weighted by Crippen LogP contribution is 2.38. The van der Waals surface area contributed by atoms with E-state index >= 15 is 4.39 Å². The summed E-state index contributed by atoms with van der Waals surface area (Å²) in [5.74, 6) is 1.35. The number of halogens is 1. The minimum atomic E-state index is -0.721. The molecule has 3 aromatic carbocycles. The number of hydrogen-bond acceptors (Lipinski definition) is 9. The fourth-order valence-corrected chi connectivity index (χ4v) is 6.50. The van der Waals surface area contributed by atoms with Gasteiger partial charge >= 0.3 is 0 Å². The maximum atomic E-state index is 15.5. The van der Waals surface area contributed by atoms with Gasteiger partial charge in [-0.1, -0.05) is 6.92 Å². The normalized spacial score (nSPS) is 13.6. The molecule has 1 fully saturated rings. The number of aromatic nitrogens is 3. The van der Waals surface area contributed by atoms with E-state index in [0.29, 0.717) is 57.2 Å². The number of methoxy groups -OCH3 is 2. The minimum absolute atomic E-state index is 0.0689. The van der Waals surface area contributed by atoms with Crippen LogP contribution in [-0.2, 0) is 0 Å². The molecule has 6 aromatic rings. The molecule has 11 nitrogen and oxygen atoms in total. The molecule has 0 spiro atoms. The number of carbonyl (C=O) groups excluding carboxylic acids is 1. The first-order valence-electron chi connectivity index (χ1n) is 17.6. The molecule has 0 atom stereocenters. The average molecular weight is 718 g/mol. The maximum Gasteiger partial charge on any atom is 0.269 e. The van der Waals surface area contributed by atoms with Crippen LogP contribution in [0.3, 0.4) is 0 Å². The first kappa shape index (κ1) is 35.4. The van der Waals surface area contributed by atoms with E-state index in [2.05, 4.69) is 27.1 Å². The number of rotatable bonds is 12. The number of amides is 1. The SMILES string of the molecule is COc1ccc(-n2c(=O)c(C(=O)Nc3ccc(Oc4ccnc5cc(OCCCN6CCC(C)CC6)c(OC)cc45)c(F)c3)cc3cccnc32)cc1.